The Morgan fingerprint density at radius 2 is 2.18 bits per heavy atom. The molecule has 0 aliphatic carbocycles. The van der Waals surface area contributed by atoms with Crippen molar-refractivity contribution in [2.45, 2.75) is 17.8 Å². The maximum Gasteiger partial charge on any atom is 0.223 e. The van der Waals surface area contributed by atoms with Crippen LogP contribution in [0.15, 0.2) is 40.9 Å². The molecule has 0 saturated heterocycles. The summed E-state index contributed by atoms with van der Waals surface area (Å²) in [5.41, 5.74) is 1.79. The summed E-state index contributed by atoms with van der Waals surface area (Å²) in [4.78, 5) is 15.3. The van der Waals surface area contributed by atoms with Gasteiger partial charge in [0.25, 0.3) is 0 Å². The first-order valence-electron chi connectivity index (χ1n) is 6.41. The molecule has 0 unspecified atom stereocenters. The van der Waals surface area contributed by atoms with E-state index >= 15 is 0 Å². The summed E-state index contributed by atoms with van der Waals surface area (Å²) in [6, 6.07) is 9.70. The summed E-state index contributed by atoms with van der Waals surface area (Å²) in [6.45, 7) is 1.46. The summed E-state index contributed by atoms with van der Waals surface area (Å²) in [6.07, 6.45) is 0. The van der Waals surface area contributed by atoms with Crippen LogP contribution in [0.3, 0.4) is 0 Å². The van der Waals surface area contributed by atoms with E-state index in [1.54, 1.807) is 4.68 Å². The number of carbonyl (C=O) groups excluding carboxylic acids is 1. The average molecular weight is 332 g/mol. The first kappa shape index (κ1) is 14.7. The van der Waals surface area contributed by atoms with Crippen molar-refractivity contribution in [1.82, 2.24) is 25.2 Å². The fourth-order valence-corrected chi connectivity index (χ4v) is 3.37. The predicted octanol–water partition coefficient (Wildman–Crippen LogP) is 2.37. The fourth-order valence-electron chi connectivity index (χ4n) is 1.72. The van der Waals surface area contributed by atoms with Gasteiger partial charge >= 0.3 is 0 Å². The third-order valence-corrected chi connectivity index (χ3v) is 4.38. The Kier molecular flexibility index (Phi) is 4.45. The molecule has 3 aromatic rings. The Balaban J connectivity index is 1.69. The van der Waals surface area contributed by atoms with Crippen LogP contribution in [0.2, 0.25) is 0 Å². The zero-order valence-corrected chi connectivity index (χ0v) is 13.3. The number of nitrogens with zero attached hydrogens (tertiary/aromatic N) is 5. The molecule has 0 aliphatic rings. The first-order valence-corrected chi connectivity index (χ1v) is 8.27. The molecule has 7 nitrogen and oxygen atoms in total. The van der Waals surface area contributed by atoms with Crippen LogP contribution in [0, 0.1) is 0 Å². The molecule has 0 aliphatic heterocycles. The minimum absolute atomic E-state index is 0.124. The highest BCUT2D eigenvalue weighted by molar-refractivity contribution is 7.98. The van der Waals surface area contributed by atoms with Gasteiger partial charge in [0, 0.05) is 18.1 Å². The number of anilines is 1. The van der Waals surface area contributed by atoms with E-state index in [1.165, 1.54) is 30.0 Å². The Labute approximate surface area is 134 Å². The van der Waals surface area contributed by atoms with Gasteiger partial charge in [-0.15, -0.1) is 16.4 Å². The summed E-state index contributed by atoms with van der Waals surface area (Å²) in [5.74, 6) is 0.505. The second kappa shape index (κ2) is 6.67. The van der Waals surface area contributed by atoms with E-state index in [-0.39, 0.29) is 5.91 Å². The molecule has 22 heavy (non-hydrogen) atoms. The zero-order valence-electron chi connectivity index (χ0n) is 11.6. The topological polar surface area (TPSA) is 85.6 Å². The summed E-state index contributed by atoms with van der Waals surface area (Å²) < 4.78 is 1.69. The van der Waals surface area contributed by atoms with E-state index in [2.05, 4.69) is 25.8 Å². The van der Waals surface area contributed by atoms with Gasteiger partial charge in [-0.1, -0.05) is 30.0 Å². The maximum absolute atomic E-state index is 11.0. The van der Waals surface area contributed by atoms with E-state index < -0.39 is 0 Å². The number of para-hydroxylation sites is 1. The number of benzene rings is 1. The smallest absolute Gasteiger partial charge is 0.223 e. The van der Waals surface area contributed by atoms with Crippen molar-refractivity contribution in [2.75, 3.05) is 5.32 Å². The lowest BCUT2D eigenvalue weighted by atomic mass is 10.3. The van der Waals surface area contributed by atoms with Crippen molar-refractivity contribution >= 4 is 34.1 Å². The van der Waals surface area contributed by atoms with Gasteiger partial charge < -0.3 is 5.32 Å². The molecule has 1 amide bonds. The number of tetrazole rings is 1. The SMILES string of the molecule is CC(=O)Nc1nc(CSc2nnnn2-c2ccccc2)cs1. The van der Waals surface area contributed by atoms with E-state index in [0.29, 0.717) is 16.0 Å². The first-order chi connectivity index (χ1) is 10.7. The van der Waals surface area contributed by atoms with Crippen LogP contribution in [0.25, 0.3) is 5.69 Å². The Bertz CT molecular complexity index is 770. The van der Waals surface area contributed by atoms with Crippen LogP contribution in [0.5, 0.6) is 0 Å². The molecule has 1 aromatic carbocycles. The largest absolute Gasteiger partial charge is 0.302 e. The number of nitrogens with one attached hydrogen (secondary N) is 1. The third-order valence-electron chi connectivity index (χ3n) is 2.63. The highest BCUT2D eigenvalue weighted by atomic mass is 32.2. The van der Waals surface area contributed by atoms with Gasteiger partial charge in [-0.25, -0.2) is 4.98 Å². The van der Waals surface area contributed by atoms with Crippen molar-refractivity contribution in [1.29, 1.82) is 0 Å². The molecule has 9 heteroatoms. The molecule has 0 fully saturated rings. The molecule has 3 rings (SSSR count). The molecule has 0 atom stereocenters. The summed E-state index contributed by atoms with van der Waals surface area (Å²) in [5, 5.41) is 17.6. The summed E-state index contributed by atoms with van der Waals surface area (Å²) >= 11 is 2.89. The van der Waals surface area contributed by atoms with Crippen molar-refractivity contribution in [3.8, 4) is 5.69 Å². The number of hydrogen-bond acceptors (Lipinski definition) is 7. The molecular formula is C13H12N6OS2. The van der Waals surface area contributed by atoms with Crippen molar-refractivity contribution < 1.29 is 4.79 Å². The van der Waals surface area contributed by atoms with E-state index in [4.69, 9.17) is 0 Å². The number of rotatable bonds is 5. The van der Waals surface area contributed by atoms with Crippen LogP contribution < -0.4 is 5.32 Å². The zero-order chi connectivity index (χ0) is 15.4. The standard InChI is InChI=1S/C13H12N6OS2/c1-9(20)14-12-15-10(7-21-12)8-22-13-16-17-18-19(13)11-5-3-2-4-6-11/h2-7H,8H2,1H3,(H,14,15,20). The minimum atomic E-state index is -0.124. The van der Waals surface area contributed by atoms with Gasteiger partial charge in [-0.2, -0.15) is 4.68 Å². The Morgan fingerprint density at radius 1 is 1.36 bits per heavy atom. The van der Waals surface area contributed by atoms with Crippen LogP contribution >= 0.6 is 23.1 Å². The maximum atomic E-state index is 11.0. The van der Waals surface area contributed by atoms with Crippen LogP contribution in [0.4, 0.5) is 5.13 Å². The van der Waals surface area contributed by atoms with Crippen LogP contribution in [-0.4, -0.2) is 31.1 Å². The molecule has 1 N–H and O–H groups in total. The molecule has 2 aromatic heterocycles. The van der Waals surface area contributed by atoms with Gasteiger partial charge in [-0.3, -0.25) is 4.79 Å². The monoisotopic (exact) mass is 332 g/mol. The van der Waals surface area contributed by atoms with Gasteiger partial charge in [0.1, 0.15) is 0 Å². The van der Waals surface area contributed by atoms with Crippen LogP contribution in [0.1, 0.15) is 12.6 Å². The number of thiazole rings is 1. The van der Waals surface area contributed by atoms with Gasteiger partial charge in [0.15, 0.2) is 5.13 Å². The number of thioether (sulfide) groups is 1. The summed E-state index contributed by atoms with van der Waals surface area (Å²) in [7, 11) is 0. The lowest BCUT2D eigenvalue weighted by molar-refractivity contribution is -0.114. The molecule has 0 radical (unpaired) electrons. The highest BCUT2D eigenvalue weighted by Gasteiger charge is 2.10. The number of hydrogen-bond donors (Lipinski definition) is 1. The van der Waals surface area contributed by atoms with Gasteiger partial charge in [-0.05, 0) is 22.6 Å². The quantitative estimate of drug-likeness (QED) is 0.722. The lowest BCUT2D eigenvalue weighted by Crippen LogP contribution is -2.05. The van der Waals surface area contributed by atoms with Gasteiger partial charge in [0.2, 0.25) is 11.1 Å². The van der Waals surface area contributed by atoms with Gasteiger partial charge in [0.05, 0.1) is 11.4 Å². The van der Waals surface area contributed by atoms with E-state index in [9.17, 15) is 4.79 Å². The number of carbonyl (C=O) groups is 1. The number of amides is 1. The molecule has 2 heterocycles. The Morgan fingerprint density at radius 3 is 2.95 bits per heavy atom. The predicted molar refractivity (Wildman–Crippen MR) is 85.1 cm³/mol. The molecule has 0 bridgehead atoms. The fraction of sp³-hybridized carbons (Fsp3) is 0.154. The lowest BCUT2D eigenvalue weighted by Gasteiger charge is -2.02. The van der Waals surface area contributed by atoms with Crippen LogP contribution in [-0.2, 0) is 10.5 Å². The molecule has 0 spiro atoms. The number of aromatic nitrogens is 5. The van der Waals surface area contributed by atoms with Crippen molar-refractivity contribution in [3.05, 3.63) is 41.4 Å². The average Bonchev–Trinajstić information content (AvgIpc) is 3.14. The second-order valence-corrected chi connectivity index (χ2v) is 6.12. The minimum Gasteiger partial charge on any atom is -0.302 e. The molecular weight excluding hydrogens is 320 g/mol. The van der Waals surface area contributed by atoms with Crippen molar-refractivity contribution in [2.24, 2.45) is 0 Å². The highest BCUT2D eigenvalue weighted by Crippen LogP contribution is 2.24. The molecule has 0 saturated carbocycles. The van der Waals surface area contributed by atoms with E-state index in [1.807, 2.05) is 35.7 Å². The van der Waals surface area contributed by atoms with E-state index in [0.717, 1.165) is 11.4 Å². The normalized spacial score (nSPS) is 10.6. The second-order valence-electron chi connectivity index (χ2n) is 4.32. The molecule has 112 valence electrons. The Hall–Kier alpha value is -2.26. The van der Waals surface area contributed by atoms with Crippen molar-refractivity contribution in [3.63, 3.8) is 0 Å². The third kappa shape index (κ3) is 3.49.